The van der Waals surface area contributed by atoms with Gasteiger partial charge in [-0.2, -0.15) is 0 Å². The van der Waals surface area contributed by atoms with Gasteiger partial charge in [-0.25, -0.2) is 12.7 Å². The fourth-order valence-electron chi connectivity index (χ4n) is 1.46. The molecule has 0 saturated heterocycles. The summed E-state index contributed by atoms with van der Waals surface area (Å²) >= 11 is 0. The van der Waals surface area contributed by atoms with E-state index in [0.29, 0.717) is 0 Å². The van der Waals surface area contributed by atoms with Gasteiger partial charge in [-0.15, -0.1) is 0 Å². The molecule has 0 atom stereocenters. The summed E-state index contributed by atoms with van der Waals surface area (Å²) in [6.07, 6.45) is 3.45. The fraction of sp³-hybridized carbons (Fsp3) is 0.167. The van der Waals surface area contributed by atoms with Gasteiger partial charge < -0.3 is 4.98 Å². The fourth-order valence-corrected chi connectivity index (χ4v) is 2.03. The summed E-state index contributed by atoms with van der Waals surface area (Å²) in [7, 11) is -0.273. The number of hydrogen-bond donors (Lipinski definition) is 1. The molecule has 0 fully saturated rings. The number of sulfonamides is 1. The maximum Gasteiger partial charge on any atom is 0.235 e. The van der Waals surface area contributed by atoms with Crippen molar-refractivity contribution in [2.24, 2.45) is 0 Å². The van der Waals surface area contributed by atoms with E-state index in [1.807, 2.05) is 30.5 Å². The molecule has 0 bridgehead atoms. The molecule has 0 amide bonds. The van der Waals surface area contributed by atoms with Gasteiger partial charge in [-0.3, -0.25) is 0 Å². The Balaban J connectivity index is 2.32. The summed E-state index contributed by atoms with van der Waals surface area (Å²) in [6, 6.07) is 7.69. The van der Waals surface area contributed by atoms with Gasteiger partial charge >= 0.3 is 0 Å². The molecule has 17 heavy (non-hydrogen) atoms. The number of aromatic nitrogens is 1. The van der Waals surface area contributed by atoms with Gasteiger partial charge in [0, 0.05) is 31.2 Å². The van der Waals surface area contributed by atoms with E-state index in [-0.39, 0.29) is 0 Å². The number of hydrogen-bond acceptors (Lipinski definition) is 2. The third-order valence-electron chi connectivity index (χ3n) is 2.52. The molecule has 1 N–H and O–H groups in total. The Hall–Kier alpha value is -1.59. The van der Waals surface area contributed by atoms with Gasteiger partial charge in [0.15, 0.2) is 0 Å². The number of aromatic amines is 1. The predicted molar refractivity (Wildman–Crippen MR) is 69.9 cm³/mol. The number of benzene rings is 1. The smallest absolute Gasteiger partial charge is 0.235 e. The third-order valence-corrected chi connectivity index (χ3v) is 4.02. The molecule has 0 aliphatic carbocycles. The maximum absolute atomic E-state index is 11.6. The van der Waals surface area contributed by atoms with Crippen LogP contribution in [0.2, 0.25) is 0 Å². The summed E-state index contributed by atoms with van der Waals surface area (Å²) in [4.78, 5) is 3.09. The van der Waals surface area contributed by atoms with Gasteiger partial charge in [-0.05, 0) is 35.2 Å². The zero-order valence-corrected chi connectivity index (χ0v) is 10.5. The average molecular weight is 250 g/mol. The number of rotatable bonds is 3. The van der Waals surface area contributed by atoms with Crippen LogP contribution in [0.3, 0.4) is 0 Å². The molecule has 0 unspecified atom stereocenters. The van der Waals surface area contributed by atoms with E-state index in [4.69, 9.17) is 0 Å². The second kappa shape index (κ2) is 4.35. The number of nitrogens with zero attached hydrogens (tertiary/aromatic N) is 1. The van der Waals surface area contributed by atoms with Crippen LogP contribution in [0, 0.1) is 0 Å². The summed E-state index contributed by atoms with van der Waals surface area (Å²) < 4.78 is 24.3. The Bertz CT molecular complexity index is 654. The first-order chi connectivity index (χ1) is 7.99. The highest BCUT2D eigenvalue weighted by Crippen LogP contribution is 2.15. The molecule has 0 spiro atoms. The molecule has 1 aromatic carbocycles. The van der Waals surface area contributed by atoms with E-state index >= 15 is 0 Å². The van der Waals surface area contributed by atoms with Crippen LogP contribution in [0.5, 0.6) is 0 Å². The molecule has 0 aliphatic rings. The second-order valence-corrected chi connectivity index (χ2v) is 5.99. The largest absolute Gasteiger partial charge is 0.361 e. The van der Waals surface area contributed by atoms with Crippen molar-refractivity contribution in [2.45, 2.75) is 0 Å². The Morgan fingerprint density at radius 3 is 2.71 bits per heavy atom. The quantitative estimate of drug-likeness (QED) is 0.906. The minimum Gasteiger partial charge on any atom is -0.361 e. The molecule has 0 aliphatic heterocycles. The Kier molecular flexibility index (Phi) is 3.04. The molecule has 5 heteroatoms. The maximum atomic E-state index is 11.6. The van der Waals surface area contributed by atoms with E-state index in [2.05, 4.69) is 4.98 Å². The number of fused-ring (bicyclic) bond motifs is 1. The van der Waals surface area contributed by atoms with Gasteiger partial charge in [0.1, 0.15) is 0 Å². The highest BCUT2D eigenvalue weighted by Gasteiger charge is 2.07. The summed E-state index contributed by atoms with van der Waals surface area (Å²) in [5.74, 6) is 0. The van der Waals surface area contributed by atoms with Crippen LogP contribution in [0.25, 0.3) is 17.0 Å². The molecule has 1 aromatic heterocycles. The lowest BCUT2D eigenvalue weighted by molar-refractivity contribution is 0.531. The molecule has 90 valence electrons. The normalized spacial score (nSPS) is 12.9. The standard InChI is InChI=1S/C12H14N2O2S/c1-14(2)17(15,16)8-6-10-3-4-12-11(9-10)5-7-13-12/h3-9,13H,1-2H3/b8-6+. The van der Waals surface area contributed by atoms with Gasteiger partial charge in [-0.1, -0.05) is 6.07 Å². The van der Waals surface area contributed by atoms with E-state index < -0.39 is 10.0 Å². The highest BCUT2D eigenvalue weighted by atomic mass is 32.2. The van der Waals surface area contributed by atoms with Crippen LogP contribution in [0.15, 0.2) is 35.9 Å². The van der Waals surface area contributed by atoms with E-state index in [1.54, 1.807) is 6.08 Å². The second-order valence-electron chi connectivity index (χ2n) is 3.95. The first kappa shape index (κ1) is 11.9. The summed E-state index contributed by atoms with van der Waals surface area (Å²) in [6.45, 7) is 0. The van der Waals surface area contributed by atoms with Crippen molar-refractivity contribution in [1.82, 2.24) is 9.29 Å². The zero-order chi connectivity index (χ0) is 12.5. The Labute approximate surface area is 101 Å². The first-order valence-corrected chi connectivity index (χ1v) is 6.67. The molecular formula is C12H14N2O2S. The third kappa shape index (κ3) is 2.57. The van der Waals surface area contributed by atoms with Crippen LogP contribution in [0.4, 0.5) is 0 Å². The SMILES string of the molecule is CN(C)S(=O)(=O)/C=C/c1ccc2[nH]ccc2c1. The Morgan fingerprint density at radius 2 is 2.00 bits per heavy atom. The van der Waals surface area contributed by atoms with Crippen LogP contribution in [-0.2, 0) is 10.0 Å². The summed E-state index contributed by atoms with van der Waals surface area (Å²) in [5, 5.41) is 2.27. The van der Waals surface area contributed by atoms with Crippen molar-refractivity contribution >= 4 is 27.0 Å². The van der Waals surface area contributed by atoms with Gasteiger partial charge in [0.05, 0.1) is 0 Å². The minimum atomic E-state index is -3.29. The van der Waals surface area contributed by atoms with Crippen LogP contribution in [-0.4, -0.2) is 31.8 Å². The topological polar surface area (TPSA) is 53.2 Å². The number of nitrogens with one attached hydrogen (secondary N) is 1. The predicted octanol–water partition coefficient (Wildman–Crippen LogP) is 2.03. The van der Waals surface area contributed by atoms with Crippen molar-refractivity contribution in [2.75, 3.05) is 14.1 Å². The van der Waals surface area contributed by atoms with Crippen LogP contribution < -0.4 is 0 Å². The number of H-pyrrole nitrogens is 1. The Morgan fingerprint density at radius 1 is 1.24 bits per heavy atom. The zero-order valence-electron chi connectivity index (χ0n) is 9.71. The molecule has 4 nitrogen and oxygen atoms in total. The lowest BCUT2D eigenvalue weighted by Gasteiger charge is -2.05. The lowest BCUT2D eigenvalue weighted by Crippen LogP contribution is -2.19. The first-order valence-electron chi connectivity index (χ1n) is 5.17. The van der Waals surface area contributed by atoms with E-state index in [9.17, 15) is 8.42 Å². The lowest BCUT2D eigenvalue weighted by atomic mass is 10.1. The van der Waals surface area contributed by atoms with Crippen LogP contribution >= 0.6 is 0 Å². The average Bonchev–Trinajstić information content (AvgIpc) is 2.73. The highest BCUT2D eigenvalue weighted by molar-refractivity contribution is 7.92. The van der Waals surface area contributed by atoms with Crippen LogP contribution in [0.1, 0.15) is 5.56 Å². The van der Waals surface area contributed by atoms with Crippen molar-refractivity contribution in [3.8, 4) is 0 Å². The molecule has 0 radical (unpaired) electrons. The summed E-state index contributed by atoms with van der Waals surface area (Å²) in [5.41, 5.74) is 1.90. The van der Waals surface area contributed by atoms with Crippen molar-refractivity contribution in [3.05, 3.63) is 41.4 Å². The van der Waals surface area contributed by atoms with E-state index in [0.717, 1.165) is 16.5 Å². The molecule has 1 heterocycles. The monoisotopic (exact) mass is 250 g/mol. The van der Waals surface area contributed by atoms with Crippen molar-refractivity contribution in [3.63, 3.8) is 0 Å². The van der Waals surface area contributed by atoms with Crippen molar-refractivity contribution < 1.29 is 8.42 Å². The molecule has 0 saturated carbocycles. The molecular weight excluding hydrogens is 236 g/mol. The molecule has 2 rings (SSSR count). The minimum absolute atomic E-state index is 0.863. The van der Waals surface area contributed by atoms with Gasteiger partial charge in [0.2, 0.25) is 10.0 Å². The van der Waals surface area contributed by atoms with Crippen molar-refractivity contribution in [1.29, 1.82) is 0 Å². The molecule has 2 aromatic rings. The van der Waals surface area contributed by atoms with Gasteiger partial charge in [0.25, 0.3) is 0 Å². The van der Waals surface area contributed by atoms with E-state index in [1.165, 1.54) is 23.8 Å².